The molecule has 0 radical (unpaired) electrons. The van der Waals surface area contributed by atoms with E-state index in [1.165, 1.54) is 24.3 Å². The van der Waals surface area contributed by atoms with Crippen molar-refractivity contribution in [3.63, 3.8) is 0 Å². The monoisotopic (exact) mass is 551 g/mol. The number of nitriles is 1. The zero-order chi connectivity index (χ0) is 28.5. The molecule has 2 aliphatic heterocycles. The molecular weight excluding hydrogens is 522 g/mol. The van der Waals surface area contributed by atoms with E-state index in [1.807, 2.05) is 6.07 Å². The average Bonchev–Trinajstić information content (AvgIpc) is 3.46. The molecule has 3 N–H and O–H groups in total. The van der Waals surface area contributed by atoms with Gasteiger partial charge in [0.25, 0.3) is 5.91 Å². The lowest BCUT2D eigenvalue weighted by atomic mass is 9.95. The van der Waals surface area contributed by atoms with Gasteiger partial charge in [-0.05, 0) is 42.0 Å². The van der Waals surface area contributed by atoms with Crippen LogP contribution in [0.3, 0.4) is 0 Å². The maximum atomic E-state index is 12.9. The molecule has 12 heteroatoms. The van der Waals surface area contributed by atoms with Gasteiger partial charge < -0.3 is 19.9 Å². The summed E-state index contributed by atoms with van der Waals surface area (Å²) in [6.45, 7) is 6.28. The number of fused-ring (bicyclic) bond motifs is 1. The topological polar surface area (TPSA) is 163 Å². The molecule has 0 saturated carbocycles. The van der Waals surface area contributed by atoms with Gasteiger partial charge in [-0.25, -0.2) is 18.4 Å². The molecule has 2 aliphatic rings. The minimum atomic E-state index is -3.85. The van der Waals surface area contributed by atoms with Gasteiger partial charge in [0.05, 0.1) is 16.5 Å². The van der Waals surface area contributed by atoms with Gasteiger partial charge >= 0.3 is 6.09 Å². The summed E-state index contributed by atoms with van der Waals surface area (Å²) in [4.78, 5) is 41.2. The summed E-state index contributed by atoms with van der Waals surface area (Å²) >= 11 is 0. The second-order valence-corrected chi connectivity index (χ2v) is 12.1. The van der Waals surface area contributed by atoms with Gasteiger partial charge in [-0.15, -0.1) is 0 Å². The largest absolute Gasteiger partial charge is 0.444 e. The Balaban J connectivity index is 1.37. The van der Waals surface area contributed by atoms with Gasteiger partial charge in [0.1, 0.15) is 6.61 Å². The maximum absolute atomic E-state index is 12.9. The van der Waals surface area contributed by atoms with E-state index in [0.717, 1.165) is 5.57 Å². The van der Waals surface area contributed by atoms with Crippen LogP contribution in [0.2, 0.25) is 0 Å². The van der Waals surface area contributed by atoms with Crippen molar-refractivity contribution in [1.29, 1.82) is 5.26 Å². The first-order valence-electron chi connectivity index (χ1n) is 12.2. The second-order valence-electron chi connectivity index (χ2n) is 10.6. The molecule has 11 nitrogen and oxygen atoms in total. The number of nitrogens with zero attached hydrogens (tertiary/aromatic N) is 3. The van der Waals surface area contributed by atoms with Crippen molar-refractivity contribution in [2.24, 2.45) is 16.5 Å². The summed E-state index contributed by atoms with van der Waals surface area (Å²) in [7, 11) is -3.85. The van der Waals surface area contributed by atoms with E-state index in [4.69, 9.17) is 9.88 Å². The van der Waals surface area contributed by atoms with E-state index in [9.17, 15) is 28.1 Å². The molecular formula is C27H29N5O6S. The predicted molar refractivity (Wildman–Crippen MR) is 141 cm³/mol. The van der Waals surface area contributed by atoms with E-state index in [2.05, 4.69) is 5.32 Å². The quantitative estimate of drug-likeness (QED) is 0.577. The predicted octanol–water partition coefficient (Wildman–Crippen LogP) is 2.80. The van der Waals surface area contributed by atoms with Crippen LogP contribution in [0.5, 0.6) is 0 Å². The molecule has 1 atom stereocenters. The number of hydrogen-bond acceptors (Lipinski definition) is 7. The molecule has 0 aromatic heterocycles. The van der Waals surface area contributed by atoms with Gasteiger partial charge in [0.2, 0.25) is 15.9 Å². The minimum absolute atomic E-state index is 0.0401. The highest BCUT2D eigenvalue weighted by atomic mass is 32.2. The van der Waals surface area contributed by atoms with E-state index >= 15 is 0 Å². The first-order chi connectivity index (χ1) is 18.3. The molecule has 0 aliphatic carbocycles. The number of amides is 3. The van der Waals surface area contributed by atoms with Crippen molar-refractivity contribution in [3.05, 3.63) is 70.9 Å². The Morgan fingerprint density at radius 1 is 1.13 bits per heavy atom. The molecule has 2 heterocycles. The fraction of sp³-hybridized carbons (Fsp3) is 0.333. The Morgan fingerprint density at radius 3 is 2.41 bits per heavy atom. The average molecular weight is 552 g/mol. The minimum Gasteiger partial charge on any atom is -0.444 e. The summed E-state index contributed by atoms with van der Waals surface area (Å²) in [5, 5.41) is 17.2. The van der Waals surface area contributed by atoms with E-state index < -0.39 is 21.5 Å². The number of rotatable bonds is 5. The number of anilines is 1. The lowest BCUT2D eigenvalue weighted by Gasteiger charge is -2.21. The number of sulfonamides is 1. The summed E-state index contributed by atoms with van der Waals surface area (Å²) in [5.74, 6) is -0.552. The fourth-order valence-corrected chi connectivity index (χ4v) is 4.79. The standard InChI is InChI=1S/C27H29N5O6S/c1-27(2,3)25(34)30-23-10-17(11-28)4-5-19(23)16-38-26(35)32-14-20-12-31(13-21(20)15-32)24(33)18-6-8-22(9-7-18)39(29,36)37/h4-10,12,21H,13-16H2,1-3H3,(H,30,34)(H2,29,36,37)/t21-/m0/s1. The number of ether oxygens (including phenoxy) is 1. The van der Waals surface area contributed by atoms with Crippen LogP contribution < -0.4 is 10.5 Å². The number of primary sulfonamides is 1. The van der Waals surface area contributed by atoms with Crippen molar-refractivity contribution in [2.75, 3.05) is 25.0 Å². The third-order valence-electron chi connectivity index (χ3n) is 6.55. The molecule has 0 unspecified atom stereocenters. The van der Waals surface area contributed by atoms with Gasteiger partial charge in [0.15, 0.2) is 0 Å². The molecule has 2 aromatic rings. The summed E-state index contributed by atoms with van der Waals surface area (Å²) < 4.78 is 28.4. The zero-order valence-corrected chi connectivity index (χ0v) is 22.6. The van der Waals surface area contributed by atoms with Crippen LogP contribution in [0.15, 0.2) is 59.1 Å². The number of carbonyl (C=O) groups excluding carboxylic acids is 3. The van der Waals surface area contributed by atoms with Crippen LogP contribution in [0.1, 0.15) is 42.3 Å². The number of nitrogens with one attached hydrogen (secondary N) is 1. The Hall–Kier alpha value is -4.21. The maximum Gasteiger partial charge on any atom is 0.410 e. The first kappa shape index (κ1) is 27.8. The van der Waals surface area contributed by atoms with Crippen LogP contribution in [-0.2, 0) is 26.2 Å². The lowest BCUT2D eigenvalue weighted by Crippen LogP contribution is -2.33. The summed E-state index contributed by atoms with van der Waals surface area (Å²) in [5.41, 5.74) is 1.93. The number of hydrogen-bond donors (Lipinski definition) is 2. The van der Waals surface area contributed by atoms with Crippen LogP contribution in [0.4, 0.5) is 10.5 Å². The zero-order valence-electron chi connectivity index (χ0n) is 21.8. The van der Waals surface area contributed by atoms with Gasteiger partial charge in [-0.2, -0.15) is 5.26 Å². The first-order valence-corrected chi connectivity index (χ1v) is 13.7. The van der Waals surface area contributed by atoms with Crippen molar-refractivity contribution in [3.8, 4) is 6.07 Å². The van der Waals surface area contributed by atoms with Gasteiger partial charge in [-0.1, -0.05) is 26.8 Å². The highest BCUT2D eigenvalue weighted by Gasteiger charge is 2.38. The number of likely N-dealkylation sites (tertiary alicyclic amines) is 1. The molecule has 3 amide bonds. The van der Waals surface area contributed by atoms with Crippen LogP contribution in [-0.4, -0.2) is 55.8 Å². The Labute approximate surface area is 226 Å². The highest BCUT2D eigenvalue weighted by molar-refractivity contribution is 7.89. The molecule has 4 rings (SSSR count). The van der Waals surface area contributed by atoms with Crippen LogP contribution >= 0.6 is 0 Å². The smallest absolute Gasteiger partial charge is 0.410 e. The lowest BCUT2D eigenvalue weighted by molar-refractivity contribution is -0.123. The Morgan fingerprint density at radius 2 is 1.82 bits per heavy atom. The van der Waals surface area contributed by atoms with Crippen molar-refractivity contribution < 1.29 is 27.5 Å². The summed E-state index contributed by atoms with van der Waals surface area (Å²) in [6.07, 6.45) is 1.19. The van der Waals surface area contributed by atoms with Crippen LogP contribution in [0.25, 0.3) is 0 Å². The third-order valence-corrected chi connectivity index (χ3v) is 7.47. The number of benzene rings is 2. The molecule has 39 heavy (non-hydrogen) atoms. The Bertz CT molecular complexity index is 1500. The summed E-state index contributed by atoms with van der Waals surface area (Å²) in [6, 6.07) is 12.2. The molecule has 0 spiro atoms. The van der Waals surface area contributed by atoms with Crippen LogP contribution in [0, 0.1) is 22.7 Å². The SMILES string of the molecule is CC(C)(C)C(=O)Nc1cc(C#N)ccc1COC(=O)N1CC2=CN(C(=O)c3ccc(S(N)(=O)=O)cc3)C[C@H]2C1. The van der Waals surface area contributed by atoms with E-state index in [-0.39, 0.29) is 29.2 Å². The van der Waals surface area contributed by atoms with E-state index in [0.29, 0.717) is 42.0 Å². The van der Waals surface area contributed by atoms with Crippen molar-refractivity contribution >= 4 is 33.6 Å². The van der Waals surface area contributed by atoms with E-state index in [1.54, 1.807) is 55.0 Å². The molecule has 1 saturated heterocycles. The second kappa shape index (κ2) is 10.5. The number of carbonyl (C=O) groups is 3. The Kier molecular flexibility index (Phi) is 7.50. The fourth-order valence-electron chi connectivity index (χ4n) is 4.27. The number of nitrogens with two attached hydrogens (primary N) is 1. The molecule has 0 bridgehead atoms. The molecule has 204 valence electrons. The van der Waals surface area contributed by atoms with Gasteiger partial charge in [-0.3, -0.25) is 9.59 Å². The highest BCUT2D eigenvalue weighted by Crippen LogP contribution is 2.31. The van der Waals surface area contributed by atoms with Gasteiger partial charge in [0, 0.05) is 54.0 Å². The van der Waals surface area contributed by atoms with Crippen molar-refractivity contribution in [2.45, 2.75) is 32.3 Å². The molecule has 2 aromatic carbocycles. The normalized spacial score (nSPS) is 16.8. The third kappa shape index (κ3) is 6.27. The van der Waals surface area contributed by atoms with Crippen molar-refractivity contribution in [1.82, 2.24) is 9.80 Å². The molecule has 1 fully saturated rings.